The highest BCUT2D eigenvalue weighted by molar-refractivity contribution is 5.49. The Morgan fingerprint density at radius 2 is 1.80 bits per heavy atom. The average molecular weight is 264 g/mol. The lowest BCUT2D eigenvalue weighted by atomic mass is 10.1. The van der Waals surface area contributed by atoms with Crippen LogP contribution in [0.5, 0.6) is 11.5 Å². The molecule has 2 aromatic rings. The van der Waals surface area contributed by atoms with Crippen molar-refractivity contribution in [1.82, 2.24) is 0 Å². The van der Waals surface area contributed by atoms with Crippen molar-refractivity contribution in [3.05, 3.63) is 59.2 Å². The van der Waals surface area contributed by atoms with Gasteiger partial charge in [-0.1, -0.05) is 18.2 Å². The van der Waals surface area contributed by atoms with E-state index in [1.165, 1.54) is 0 Å². The van der Waals surface area contributed by atoms with Crippen molar-refractivity contribution in [3.8, 4) is 23.6 Å². The molecule has 0 aromatic heterocycles. The fraction of sp³-hybridized carbons (Fsp3) is 0.125. The summed E-state index contributed by atoms with van der Waals surface area (Å²) >= 11 is 0. The molecule has 0 amide bonds. The molecule has 2 aromatic carbocycles. The Bertz CT molecular complexity index is 709. The molecule has 0 saturated heterocycles. The van der Waals surface area contributed by atoms with Gasteiger partial charge in [0.05, 0.1) is 23.3 Å². The summed E-state index contributed by atoms with van der Waals surface area (Å²) in [6, 6.07) is 15.7. The maximum atomic E-state index is 9.74. The van der Waals surface area contributed by atoms with E-state index in [9.17, 15) is 5.11 Å². The van der Waals surface area contributed by atoms with Crippen LogP contribution in [0.1, 0.15) is 29.7 Å². The summed E-state index contributed by atoms with van der Waals surface area (Å²) in [5, 5.41) is 27.7. The number of rotatable bonds is 3. The van der Waals surface area contributed by atoms with Crippen LogP contribution in [0.3, 0.4) is 0 Å². The highest BCUT2D eigenvalue weighted by Crippen LogP contribution is 2.32. The van der Waals surface area contributed by atoms with Gasteiger partial charge in [-0.3, -0.25) is 0 Å². The minimum atomic E-state index is -0.730. The fourth-order valence-electron chi connectivity index (χ4n) is 1.80. The molecule has 0 spiro atoms. The van der Waals surface area contributed by atoms with Crippen molar-refractivity contribution in [2.75, 3.05) is 0 Å². The number of hydrogen-bond donors (Lipinski definition) is 1. The molecule has 1 atom stereocenters. The molecule has 98 valence electrons. The van der Waals surface area contributed by atoms with Crippen molar-refractivity contribution in [1.29, 1.82) is 10.5 Å². The van der Waals surface area contributed by atoms with Crippen LogP contribution in [0.25, 0.3) is 0 Å². The minimum absolute atomic E-state index is 0.377. The van der Waals surface area contributed by atoms with E-state index in [-0.39, 0.29) is 0 Å². The Labute approximate surface area is 117 Å². The Balaban J connectivity index is 2.47. The third-order valence-electron chi connectivity index (χ3n) is 2.82. The molecule has 1 N–H and O–H groups in total. The lowest BCUT2D eigenvalue weighted by Gasteiger charge is -2.14. The Morgan fingerprint density at radius 1 is 1.05 bits per heavy atom. The number of aliphatic hydroxyl groups excluding tert-OH is 1. The van der Waals surface area contributed by atoms with E-state index in [1.807, 2.05) is 12.1 Å². The predicted molar refractivity (Wildman–Crippen MR) is 73.0 cm³/mol. The molecule has 0 aliphatic heterocycles. The van der Waals surface area contributed by atoms with Gasteiger partial charge >= 0.3 is 0 Å². The van der Waals surface area contributed by atoms with E-state index in [0.29, 0.717) is 28.2 Å². The number of aliphatic hydroxyl groups is 1. The van der Waals surface area contributed by atoms with Crippen molar-refractivity contribution in [2.45, 2.75) is 13.0 Å². The monoisotopic (exact) mass is 264 g/mol. The van der Waals surface area contributed by atoms with Gasteiger partial charge in [0.2, 0.25) is 0 Å². The van der Waals surface area contributed by atoms with Crippen molar-refractivity contribution < 1.29 is 9.84 Å². The topological polar surface area (TPSA) is 77.0 Å². The molecule has 20 heavy (non-hydrogen) atoms. The molecule has 0 radical (unpaired) electrons. The summed E-state index contributed by atoms with van der Waals surface area (Å²) < 4.78 is 5.70. The molecule has 0 aliphatic rings. The van der Waals surface area contributed by atoms with Crippen LogP contribution < -0.4 is 4.74 Å². The quantitative estimate of drug-likeness (QED) is 0.922. The summed E-state index contributed by atoms with van der Waals surface area (Å²) in [4.78, 5) is 0. The summed E-state index contributed by atoms with van der Waals surface area (Å²) in [5.74, 6) is 0.772. The Hall–Kier alpha value is -2.82. The van der Waals surface area contributed by atoms with Gasteiger partial charge in [-0.2, -0.15) is 10.5 Å². The van der Waals surface area contributed by atoms with E-state index >= 15 is 0 Å². The molecule has 0 saturated carbocycles. The van der Waals surface area contributed by atoms with Gasteiger partial charge < -0.3 is 9.84 Å². The van der Waals surface area contributed by atoms with Crippen LogP contribution in [0, 0.1) is 22.7 Å². The van der Waals surface area contributed by atoms with E-state index < -0.39 is 6.10 Å². The highest BCUT2D eigenvalue weighted by Gasteiger charge is 2.12. The molecule has 0 unspecified atom stereocenters. The molecule has 4 heteroatoms. The first-order chi connectivity index (χ1) is 9.65. The lowest BCUT2D eigenvalue weighted by Crippen LogP contribution is -1.98. The number of nitriles is 2. The maximum absolute atomic E-state index is 9.74. The van der Waals surface area contributed by atoms with E-state index in [2.05, 4.69) is 0 Å². The van der Waals surface area contributed by atoms with E-state index in [4.69, 9.17) is 15.3 Å². The zero-order chi connectivity index (χ0) is 14.5. The summed E-state index contributed by atoms with van der Waals surface area (Å²) in [5.41, 5.74) is 1.39. The summed E-state index contributed by atoms with van der Waals surface area (Å²) in [7, 11) is 0. The van der Waals surface area contributed by atoms with Gasteiger partial charge in [0.1, 0.15) is 17.6 Å². The predicted octanol–water partition coefficient (Wildman–Crippen LogP) is 3.28. The zero-order valence-electron chi connectivity index (χ0n) is 10.9. The molecule has 2 rings (SSSR count). The smallest absolute Gasteiger partial charge is 0.145 e. The van der Waals surface area contributed by atoms with Crippen molar-refractivity contribution in [2.24, 2.45) is 0 Å². The van der Waals surface area contributed by atoms with Gasteiger partial charge in [0.15, 0.2) is 0 Å². The third-order valence-corrected chi connectivity index (χ3v) is 2.82. The number of benzene rings is 2. The first kappa shape index (κ1) is 13.6. The molecule has 0 aliphatic carbocycles. The molecule has 0 fully saturated rings. The molecular weight excluding hydrogens is 252 g/mol. The minimum Gasteiger partial charge on any atom is -0.456 e. The van der Waals surface area contributed by atoms with Crippen LogP contribution in [-0.2, 0) is 0 Å². The van der Waals surface area contributed by atoms with E-state index in [0.717, 1.165) is 0 Å². The Morgan fingerprint density at radius 3 is 2.45 bits per heavy atom. The average Bonchev–Trinajstić information content (AvgIpc) is 2.47. The van der Waals surface area contributed by atoms with Gasteiger partial charge in [-0.15, -0.1) is 0 Å². The molecule has 0 heterocycles. The lowest BCUT2D eigenvalue weighted by molar-refractivity contribution is 0.195. The van der Waals surface area contributed by atoms with Crippen molar-refractivity contribution >= 4 is 0 Å². The van der Waals surface area contributed by atoms with Crippen LogP contribution in [0.15, 0.2) is 42.5 Å². The second-order valence-corrected chi connectivity index (χ2v) is 4.25. The number of nitrogens with zero attached hydrogens (tertiary/aromatic N) is 2. The van der Waals surface area contributed by atoms with Crippen LogP contribution in [0.2, 0.25) is 0 Å². The van der Waals surface area contributed by atoms with Gasteiger partial charge in [0, 0.05) is 5.56 Å². The van der Waals surface area contributed by atoms with Gasteiger partial charge in [0.25, 0.3) is 0 Å². The maximum Gasteiger partial charge on any atom is 0.145 e. The molecular formula is C16H12N2O2. The molecule has 4 nitrogen and oxygen atoms in total. The highest BCUT2D eigenvalue weighted by atomic mass is 16.5. The summed E-state index contributed by atoms with van der Waals surface area (Å²) in [6.07, 6.45) is -0.730. The molecule has 0 bridgehead atoms. The van der Waals surface area contributed by atoms with E-state index in [1.54, 1.807) is 49.4 Å². The summed E-state index contributed by atoms with van der Waals surface area (Å²) in [6.45, 7) is 1.62. The third kappa shape index (κ3) is 2.77. The Kier molecular flexibility index (Phi) is 4.00. The van der Waals surface area contributed by atoms with Gasteiger partial charge in [-0.05, 0) is 31.2 Å². The first-order valence-electron chi connectivity index (χ1n) is 6.05. The van der Waals surface area contributed by atoms with Crippen LogP contribution in [-0.4, -0.2) is 5.11 Å². The second-order valence-electron chi connectivity index (χ2n) is 4.25. The normalized spacial score (nSPS) is 11.2. The first-order valence-corrected chi connectivity index (χ1v) is 6.05. The number of hydrogen-bond acceptors (Lipinski definition) is 4. The van der Waals surface area contributed by atoms with Crippen molar-refractivity contribution in [3.63, 3.8) is 0 Å². The van der Waals surface area contributed by atoms with Crippen LogP contribution >= 0.6 is 0 Å². The largest absolute Gasteiger partial charge is 0.456 e. The standard InChI is InChI=1S/C16H12N2O2/c1-11(19)14-7-6-12(9-17)8-16(14)20-15-5-3-2-4-13(15)10-18/h2-8,11,19H,1H3/t11-/m0/s1. The SMILES string of the molecule is C[C@H](O)c1ccc(C#N)cc1Oc1ccccc1C#N. The fourth-order valence-corrected chi connectivity index (χ4v) is 1.80. The van der Waals surface area contributed by atoms with Gasteiger partial charge in [-0.25, -0.2) is 0 Å². The second kappa shape index (κ2) is 5.88. The zero-order valence-corrected chi connectivity index (χ0v) is 10.9. The number of ether oxygens (including phenoxy) is 1. The van der Waals surface area contributed by atoms with Crippen LogP contribution in [0.4, 0.5) is 0 Å². The number of para-hydroxylation sites is 1.